The lowest BCUT2D eigenvalue weighted by atomic mass is 10.1. The lowest BCUT2D eigenvalue weighted by Crippen LogP contribution is -2.10. The van der Waals surface area contributed by atoms with Crippen LogP contribution in [0.5, 0.6) is 5.75 Å². The quantitative estimate of drug-likeness (QED) is 0.429. The molecule has 0 saturated heterocycles. The fourth-order valence-electron chi connectivity index (χ4n) is 3.23. The minimum atomic E-state index is -4.36. The van der Waals surface area contributed by atoms with E-state index in [4.69, 9.17) is 9.84 Å². The van der Waals surface area contributed by atoms with Crippen LogP contribution in [0.25, 0.3) is 11.3 Å². The van der Waals surface area contributed by atoms with E-state index in [9.17, 15) is 18.0 Å². The molecule has 9 heteroatoms. The maximum absolute atomic E-state index is 12.8. The maximum Gasteiger partial charge on any atom is 0.416 e. The van der Waals surface area contributed by atoms with E-state index in [2.05, 4.69) is 12.0 Å². The first kappa shape index (κ1) is 23.7. The standard InChI is InChI=1S/C23H23F3N2O3S/c1-14-10-18(8-9-21(14)31-12-22(29)30)32-13-15(2)20-11-19(27-28(20)3)16-4-6-17(7-5-16)23(24,25)26/h4-11,15H,12-13H2,1-3H3,(H,29,30)/t15-/m0/s1. The topological polar surface area (TPSA) is 64.4 Å². The van der Waals surface area contributed by atoms with E-state index >= 15 is 0 Å². The molecular formula is C23H23F3N2O3S. The lowest BCUT2D eigenvalue weighted by molar-refractivity contribution is -0.139. The van der Waals surface area contributed by atoms with Crippen molar-refractivity contribution in [3.05, 3.63) is 65.4 Å². The number of carbonyl (C=O) groups is 1. The van der Waals surface area contributed by atoms with E-state index in [1.807, 2.05) is 32.2 Å². The molecule has 170 valence electrons. The minimum Gasteiger partial charge on any atom is -0.482 e. The number of alkyl halides is 3. The Labute approximate surface area is 188 Å². The average molecular weight is 465 g/mol. The molecule has 1 aromatic heterocycles. The van der Waals surface area contributed by atoms with E-state index in [1.165, 1.54) is 12.1 Å². The van der Waals surface area contributed by atoms with Crippen LogP contribution in [-0.4, -0.2) is 33.2 Å². The molecule has 0 spiro atoms. The van der Waals surface area contributed by atoms with Crippen LogP contribution in [0.1, 0.15) is 29.7 Å². The molecule has 0 aliphatic carbocycles. The molecule has 0 bridgehead atoms. The van der Waals surface area contributed by atoms with Gasteiger partial charge in [-0.3, -0.25) is 4.68 Å². The summed E-state index contributed by atoms with van der Waals surface area (Å²) in [4.78, 5) is 11.7. The number of hydrogen-bond donors (Lipinski definition) is 1. The second-order valence-electron chi connectivity index (χ2n) is 7.47. The van der Waals surface area contributed by atoms with Crippen molar-refractivity contribution in [1.29, 1.82) is 0 Å². The molecule has 0 unspecified atom stereocenters. The van der Waals surface area contributed by atoms with Crippen molar-refractivity contribution in [2.24, 2.45) is 7.05 Å². The summed E-state index contributed by atoms with van der Waals surface area (Å²) in [6.45, 7) is 3.55. The monoisotopic (exact) mass is 464 g/mol. The molecule has 3 rings (SSSR count). The third-order valence-electron chi connectivity index (χ3n) is 4.93. The highest BCUT2D eigenvalue weighted by molar-refractivity contribution is 7.99. The van der Waals surface area contributed by atoms with Crippen molar-refractivity contribution in [1.82, 2.24) is 9.78 Å². The largest absolute Gasteiger partial charge is 0.482 e. The van der Waals surface area contributed by atoms with Crippen LogP contribution in [0.4, 0.5) is 13.2 Å². The summed E-state index contributed by atoms with van der Waals surface area (Å²) in [5.41, 5.74) is 2.41. The molecule has 0 aliphatic heterocycles. The highest BCUT2D eigenvalue weighted by Crippen LogP contribution is 2.33. The maximum atomic E-state index is 12.8. The van der Waals surface area contributed by atoms with Crippen molar-refractivity contribution >= 4 is 17.7 Å². The van der Waals surface area contributed by atoms with Gasteiger partial charge in [-0.2, -0.15) is 18.3 Å². The van der Waals surface area contributed by atoms with Gasteiger partial charge >= 0.3 is 12.1 Å². The number of carboxylic acids is 1. The Bertz CT molecular complexity index is 1090. The van der Waals surface area contributed by atoms with Crippen molar-refractivity contribution in [2.75, 3.05) is 12.4 Å². The van der Waals surface area contributed by atoms with Crippen LogP contribution < -0.4 is 4.74 Å². The Morgan fingerprint density at radius 1 is 1.19 bits per heavy atom. The van der Waals surface area contributed by atoms with Gasteiger partial charge < -0.3 is 9.84 Å². The van der Waals surface area contributed by atoms with Crippen molar-refractivity contribution < 1.29 is 27.8 Å². The van der Waals surface area contributed by atoms with Crippen molar-refractivity contribution in [2.45, 2.75) is 30.8 Å². The fraction of sp³-hybridized carbons (Fsp3) is 0.304. The zero-order valence-electron chi connectivity index (χ0n) is 17.8. The SMILES string of the molecule is Cc1cc(SC[C@H](C)c2cc(-c3ccc(C(F)(F)F)cc3)nn2C)ccc1OCC(=O)O. The number of nitrogens with zero attached hydrogens (tertiary/aromatic N) is 2. The number of ether oxygens (including phenoxy) is 1. The van der Waals surface area contributed by atoms with Crippen molar-refractivity contribution in [3.8, 4) is 17.0 Å². The summed E-state index contributed by atoms with van der Waals surface area (Å²) in [5, 5.41) is 13.2. The Morgan fingerprint density at radius 3 is 2.47 bits per heavy atom. The number of halogens is 3. The van der Waals surface area contributed by atoms with Crippen molar-refractivity contribution in [3.63, 3.8) is 0 Å². The molecule has 2 aromatic carbocycles. The number of aryl methyl sites for hydroxylation is 2. The zero-order chi connectivity index (χ0) is 23.5. The smallest absolute Gasteiger partial charge is 0.416 e. The van der Waals surface area contributed by atoms with Gasteiger partial charge in [-0.15, -0.1) is 11.8 Å². The number of rotatable bonds is 8. The highest BCUT2D eigenvalue weighted by Gasteiger charge is 2.30. The summed E-state index contributed by atoms with van der Waals surface area (Å²) in [6, 6.07) is 12.5. The zero-order valence-corrected chi connectivity index (χ0v) is 18.6. The molecule has 3 aromatic rings. The predicted molar refractivity (Wildman–Crippen MR) is 117 cm³/mol. The predicted octanol–water partition coefficient (Wildman–Crippen LogP) is 5.77. The molecule has 1 heterocycles. The number of carboxylic acid groups (broad SMARTS) is 1. The molecule has 0 saturated carbocycles. The third kappa shape index (κ3) is 5.85. The second-order valence-corrected chi connectivity index (χ2v) is 8.57. The normalized spacial score (nSPS) is 12.6. The van der Waals surface area contributed by atoms with Gasteiger partial charge in [-0.1, -0.05) is 19.1 Å². The van der Waals surface area contributed by atoms with E-state index < -0.39 is 17.7 Å². The van der Waals surface area contributed by atoms with Crippen LogP contribution >= 0.6 is 11.8 Å². The first-order valence-electron chi connectivity index (χ1n) is 9.84. The molecule has 0 amide bonds. The molecule has 5 nitrogen and oxygen atoms in total. The summed E-state index contributed by atoms with van der Waals surface area (Å²) < 4.78 is 45.4. The van der Waals surface area contributed by atoms with Gasteiger partial charge in [0.05, 0.1) is 11.3 Å². The molecule has 1 N–H and O–H groups in total. The number of aromatic nitrogens is 2. The van der Waals surface area contributed by atoms with Gasteiger partial charge in [0, 0.05) is 34.9 Å². The summed E-state index contributed by atoms with van der Waals surface area (Å²) in [6.07, 6.45) is -4.36. The Kier molecular flexibility index (Phi) is 7.18. The second kappa shape index (κ2) is 9.68. The summed E-state index contributed by atoms with van der Waals surface area (Å²) >= 11 is 1.65. The first-order chi connectivity index (χ1) is 15.0. The Hall–Kier alpha value is -2.94. The van der Waals surface area contributed by atoms with E-state index in [0.29, 0.717) is 17.0 Å². The van der Waals surface area contributed by atoms with E-state index in [1.54, 1.807) is 22.5 Å². The average Bonchev–Trinajstić information content (AvgIpc) is 3.12. The number of hydrogen-bond acceptors (Lipinski definition) is 4. The van der Waals surface area contributed by atoms with Gasteiger partial charge in [-0.05, 0) is 48.9 Å². The summed E-state index contributed by atoms with van der Waals surface area (Å²) in [5.74, 6) is 0.422. The number of benzene rings is 2. The molecule has 0 fully saturated rings. The van der Waals surface area contributed by atoms with Crippen LogP contribution in [0, 0.1) is 6.92 Å². The molecule has 1 atom stereocenters. The van der Waals surface area contributed by atoms with Gasteiger partial charge in [0.15, 0.2) is 6.61 Å². The Morgan fingerprint density at radius 2 is 1.88 bits per heavy atom. The van der Waals surface area contributed by atoms with E-state index in [0.717, 1.165) is 34.0 Å². The van der Waals surface area contributed by atoms with Crippen LogP contribution in [0.15, 0.2) is 53.4 Å². The van der Waals surface area contributed by atoms with E-state index in [-0.39, 0.29) is 12.5 Å². The molecule has 0 radical (unpaired) electrons. The highest BCUT2D eigenvalue weighted by atomic mass is 32.2. The van der Waals surface area contributed by atoms with Crippen LogP contribution in [-0.2, 0) is 18.0 Å². The van der Waals surface area contributed by atoms with Gasteiger partial charge in [-0.25, -0.2) is 4.79 Å². The molecule has 32 heavy (non-hydrogen) atoms. The van der Waals surface area contributed by atoms with Gasteiger partial charge in [0.25, 0.3) is 0 Å². The molecule has 0 aliphatic rings. The summed E-state index contributed by atoms with van der Waals surface area (Å²) in [7, 11) is 1.82. The fourth-order valence-corrected chi connectivity index (χ4v) is 4.27. The lowest BCUT2D eigenvalue weighted by Gasteiger charge is -2.13. The number of thioether (sulfide) groups is 1. The van der Waals surface area contributed by atoms with Crippen LogP contribution in [0.2, 0.25) is 0 Å². The molecular weight excluding hydrogens is 441 g/mol. The first-order valence-corrected chi connectivity index (χ1v) is 10.8. The number of aliphatic carboxylic acids is 1. The Balaban J connectivity index is 1.66. The minimum absolute atomic E-state index is 0.143. The third-order valence-corrected chi connectivity index (χ3v) is 6.18. The van der Waals surface area contributed by atoms with Gasteiger partial charge in [0.2, 0.25) is 0 Å². The van der Waals surface area contributed by atoms with Crippen LogP contribution in [0.3, 0.4) is 0 Å². The van der Waals surface area contributed by atoms with Gasteiger partial charge in [0.1, 0.15) is 5.75 Å².